The molecule has 0 bridgehead atoms. The van der Waals surface area contributed by atoms with E-state index in [9.17, 15) is 0 Å². The van der Waals surface area contributed by atoms with Crippen molar-refractivity contribution >= 4 is 11.6 Å². The van der Waals surface area contributed by atoms with Crippen molar-refractivity contribution in [2.24, 2.45) is 0 Å². The van der Waals surface area contributed by atoms with Gasteiger partial charge in [0.1, 0.15) is 17.3 Å². The van der Waals surface area contributed by atoms with Gasteiger partial charge in [-0.1, -0.05) is 28.9 Å². The monoisotopic (exact) mass is 342 g/mol. The van der Waals surface area contributed by atoms with E-state index >= 15 is 0 Å². The fourth-order valence-electron chi connectivity index (χ4n) is 3.21. The maximum atomic E-state index is 5.99. The Hall–Kier alpha value is -2.11. The van der Waals surface area contributed by atoms with Crippen LogP contribution < -0.4 is 0 Å². The van der Waals surface area contributed by atoms with Gasteiger partial charge >= 0.3 is 0 Å². The molecule has 0 saturated heterocycles. The molecule has 0 saturated carbocycles. The molecule has 0 N–H and O–H groups in total. The van der Waals surface area contributed by atoms with Gasteiger partial charge in [-0.3, -0.25) is 4.90 Å². The van der Waals surface area contributed by atoms with Crippen molar-refractivity contribution in [2.75, 3.05) is 6.54 Å². The van der Waals surface area contributed by atoms with Crippen LogP contribution in [0.25, 0.3) is 11.3 Å². The average molecular weight is 343 g/mol. The molecule has 124 valence electrons. The van der Waals surface area contributed by atoms with Crippen molar-refractivity contribution in [1.82, 2.24) is 19.6 Å². The van der Waals surface area contributed by atoms with E-state index in [1.165, 1.54) is 5.56 Å². The Labute approximate surface area is 145 Å². The summed E-state index contributed by atoms with van der Waals surface area (Å²) in [5, 5.41) is 5.02. The third-order valence-corrected chi connectivity index (χ3v) is 4.78. The maximum Gasteiger partial charge on any atom is 0.143 e. The maximum absolute atomic E-state index is 5.99. The number of nitrogens with zero attached hydrogens (tertiary/aromatic N) is 4. The van der Waals surface area contributed by atoms with Gasteiger partial charge < -0.3 is 9.09 Å². The molecule has 1 aromatic carbocycles. The van der Waals surface area contributed by atoms with Gasteiger partial charge in [-0.25, -0.2) is 4.98 Å². The predicted molar refractivity (Wildman–Crippen MR) is 92.7 cm³/mol. The van der Waals surface area contributed by atoms with Crippen LogP contribution in [0.15, 0.2) is 41.2 Å². The molecule has 3 heterocycles. The lowest BCUT2D eigenvalue weighted by Gasteiger charge is -2.25. The number of rotatable bonds is 4. The van der Waals surface area contributed by atoms with Crippen LogP contribution in [0.3, 0.4) is 0 Å². The second-order valence-corrected chi connectivity index (χ2v) is 6.47. The van der Waals surface area contributed by atoms with E-state index in [4.69, 9.17) is 16.1 Å². The van der Waals surface area contributed by atoms with E-state index in [1.54, 1.807) is 0 Å². The van der Waals surface area contributed by atoms with Gasteiger partial charge in [0, 0.05) is 54.6 Å². The van der Waals surface area contributed by atoms with Crippen LogP contribution in [0.4, 0.5) is 0 Å². The molecule has 1 aliphatic rings. The molecule has 0 unspecified atom stereocenters. The molecule has 0 atom stereocenters. The second kappa shape index (κ2) is 6.42. The summed E-state index contributed by atoms with van der Waals surface area (Å²) < 4.78 is 7.75. The zero-order valence-corrected chi connectivity index (χ0v) is 14.3. The Morgan fingerprint density at radius 2 is 2.08 bits per heavy atom. The highest BCUT2D eigenvalue weighted by molar-refractivity contribution is 6.30. The van der Waals surface area contributed by atoms with Gasteiger partial charge in [-0.05, 0) is 19.1 Å². The molecule has 0 amide bonds. The molecular formula is C18H19ClN4O. The molecule has 3 aromatic rings. The predicted octanol–water partition coefficient (Wildman–Crippen LogP) is 3.77. The second-order valence-electron chi connectivity index (χ2n) is 6.03. The van der Waals surface area contributed by atoms with Gasteiger partial charge in [0.2, 0.25) is 0 Å². The van der Waals surface area contributed by atoms with Crippen LogP contribution in [-0.2, 0) is 26.1 Å². The molecule has 0 aliphatic carbocycles. The number of benzene rings is 1. The summed E-state index contributed by atoms with van der Waals surface area (Å²) in [6, 6.07) is 7.75. The normalized spacial score (nSPS) is 14.8. The average Bonchev–Trinajstić information content (AvgIpc) is 3.22. The third-order valence-electron chi connectivity index (χ3n) is 4.53. The number of aryl methyl sites for hydroxylation is 1. The molecule has 0 spiro atoms. The van der Waals surface area contributed by atoms with E-state index in [0.717, 1.165) is 60.5 Å². The van der Waals surface area contributed by atoms with Crippen LogP contribution in [0.2, 0.25) is 5.02 Å². The van der Waals surface area contributed by atoms with Crippen LogP contribution >= 0.6 is 11.6 Å². The summed E-state index contributed by atoms with van der Waals surface area (Å²) in [5.41, 5.74) is 3.14. The lowest BCUT2D eigenvalue weighted by atomic mass is 10.0. The molecule has 1 aliphatic heterocycles. The van der Waals surface area contributed by atoms with Gasteiger partial charge in [0.05, 0.1) is 6.54 Å². The zero-order chi connectivity index (χ0) is 16.5. The van der Waals surface area contributed by atoms with Crippen molar-refractivity contribution in [1.29, 1.82) is 0 Å². The largest absolute Gasteiger partial charge is 0.360 e. The van der Waals surface area contributed by atoms with Gasteiger partial charge in [-0.2, -0.15) is 0 Å². The van der Waals surface area contributed by atoms with Crippen LogP contribution in [0.5, 0.6) is 0 Å². The van der Waals surface area contributed by atoms with E-state index in [0.29, 0.717) is 0 Å². The summed E-state index contributed by atoms with van der Waals surface area (Å²) >= 11 is 5.99. The number of halogens is 1. The minimum Gasteiger partial charge on any atom is -0.360 e. The van der Waals surface area contributed by atoms with Crippen LogP contribution in [0, 0.1) is 0 Å². The topological polar surface area (TPSA) is 47.1 Å². The number of imidazole rings is 1. The standard InChI is InChI=1S/C18H19ClN4O/c1-2-23-10-8-20-17(23)12-22-9-7-16-15(11-22)18(21-24-16)13-3-5-14(19)6-4-13/h3-6,8,10H,2,7,9,11-12H2,1H3. The number of fused-ring (bicyclic) bond motifs is 1. The Bertz CT molecular complexity index is 837. The molecule has 6 heteroatoms. The Balaban J connectivity index is 1.58. The summed E-state index contributed by atoms with van der Waals surface area (Å²) in [5.74, 6) is 2.10. The first-order valence-corrected chi connectivity index (χ1v) is 8.58. The van der Waals surface area contributed by atoms with Crippen molar-refractivity contribution in [3.63, 3.8) is 0 Å². The van der Waals surface area contributed by atoms with Crippen LogP contribution in [-0.4, -0.2) is 26.2 Å². The first-order chi connectivity index (χ1) is 11.7. The minimum absolute atomic E-state index is 0.726. The minimum atomic E-state index is 0.726. The van der Waals surface area contributed by atoms with E-state index < -0.39 is 0 Å². The Morgan fingerprint density at radius 3 is 2.88 bits per heavy atom. The molecule has 24 heavy (non-hydrogen) atoms. The van der Waals surface area contributed by atoms with Crippen molar-refractivity contribution < 1.29 is 4.52 Å². The summed E-state index contributed by atoms with van der Waals surface area (Å²) in [6.45, 7) is 5.70. The van der Waals surface area contributed by atoms with Crippen molar-refractivity contribution in [3.05, 3.63) is 58.8 Å². The quantitative estimate of drug-likeness (QED) is 0.724. The Morgan fingerprint density at radius 1 is 1.25 bits per heavy atom. The number of aromatic nitrogens is 3. The van der Waals surface area contributed by atoms with E-state index in [2.05, 4.69) is 26.5 Å². The smallest absolute Gasteiger partial charge is 0.143 e. The van der Waals surface area contributed by atoms with Gasteiger partial charge in [-0.15, -0.1) is 0 Å². The number of hydrogen-bond donors (Lipinski definition) is 0. The highest BCUT2D eigenvalue weighted by Crippen LogP contribution is 2.31. The molecule has 5 nitrogen and oxygen atoms in total. The van der Waals surface area contributed by atoms with Gasteiger partial charge in [0.25, 0.3) is 0 Å². The molecular weight excluding hydrogens is 324 g/mol. The van der Waals surface area contributed by atoms with Crippen molar-refractivity contribution in [2.45, 2.75) is 33.0 Å². The first-order valence-electron chi connectivity index (χ1n) is 8.20. The SMILES string of the molecule is CCn1ccnc1CN1CCc2onc(-c3ccc(Cl)cc3)c2C1. The third kappa shape index (κ3) is 2.85. The molecule has 0 fully saturated rings. The summed E-state index contributed by atoms with van der Waals surface area (Å²) in [4.78, 5) is 6.88. The molecule has 4 rings (SSSR count). The zero-order valence-electron chi connectivity index (χ0n) is 13.6. The number of hydrogen-bond acceptors (Lipinski definition) is 4. The van der Waals surface area contributed by atoms with Crippen LogP contribution in [0.1, 0.15) is 24.1 Å². The fourth-order valence-corrected chi connectivity index (χ4v) is 3.34. The summed E-state index contributed by atoms with van der Waals surface area (Å²) in [7, 11) is 0. The highest BCUT2D eigenvalue weighted by Gasteiger charge is 2.25. The lowest BCUT2D eigenvalue weighted by Crippen LogP contribution is -2.30. The summed E-state index contributed by atoms with van der Waals surface area (Å²) in [6.07, 6.45) is 4.78. The van der Waals surface area contributed by atoms with Gasteiger partial charge in [0.15, 0.2) is 0 Å². The molecule has 2 aromatic heterocycles. The van der Waals surface area contributed by atoms with E-state index in [1.807, 2.05) is 36.7 Å². The first kappa shape index (κ1) is 15.4. The van der Waals surface area contributed by atoms with Crippen molar-refractivity contribution in [3.8, 4) is 11.3 Å². The Kier molecular flexibility index (Phi) is 4.12. The fraction of sp³-hybridized carbons (Fsp3) is 0.333. The van der Waals surface area contributed by atoms with E-state index in [-0.39, 0.29) is 0 Å². The highest BCUT2D eigenvalue weighted by atomic mass is 35.5. The molecule has 0 radical (unpaired) electrons. The lowest BCUT2D eigenvalue weighted by molar-refractivity contribution is 0.221.